The van der Waals surface area contributed by atoms with Crippen LogP contribution in [0.4, 0.5) is 11.4 Å². The molecule has 0 aromatic heterocycles. The Labute approximate surface area is 135 Å². The number of anilines is 2. The van der Waals surface area contributed by atoms with Crippen molar-refractivity contribution in [3.63, 3.8) is 0 Å². The van der Waals surface area contributed by atoms with Crippen LogP contribution in [0.2, 0.25) is 10.0 Å². The molecule has 0 radical (unpaired) electrons. The molecule has 1 aliphatic carbocycles. The van der Waals surface area contributed by atoms with Gasteiger partial charge in [-0.2, -0.15) is 0 Å². The number of nitrogens with zero attached hydrogens (tertiary/aromatic N) is 1. The highest BCUT2D eigenvalue weighted by molar-refractivity contribution is 6.40. The van der Waals surface area contributed by atoms with Crippen LogP contribution in [-0.4, -0.2) is 29.9 Å². The summed E-state index contributed by atoms with van der Waals surface area (Å²) in [7, 11) is 0. The summed E-state index contributed by atoms with van der Waals surface area (Å²) >= 11 is 12.2. The summed E-state index contributed by atoms with van der Waals surface area (Å²) in [6, 6.07) is 2.94. The van der Waals surface area contributed by atoms with Gasteiger partial charge >= 0.3 is 0 Å². The third-order valence-electron chi connectivity index (χ3n) is 3.84. The van der Waals surface area contributed by atoms with Gasteiger partial charge in [-0.15, -0.1) is 0 Å². The van der Waals surface area contributed by atoms with Crippen LogP contribution >= 0.6 is 23.2 Å². The number of hydrogen-bond acceptors (Lipinski definition) is 3. The van der Waals surface area contributed by atoms with Gasteiger partial charge in [0.25, 0.3) is 0 Å². The molecule has 3 N–H and O–H groups in total. The van der Waals surface area contributed by atoms with Gasteiger partial charge < -0.3 is 11.1 Å². The Kier molecular flexibility index (Phi) is 5.36. The molecule has 1 saturated carbocycles. The average Bonchev–Trinajstić information content (AvgIpc) is 3.23. The number of nitrogens with two attached hydrogens (primary N) is 1. The molecule has 2 rings (SSSR count). The lowest BCUT2D eigenvalue weighted by atomic mass is 10.2. The van der Waals surface area contributed by atoms with E-state index in [9.17, 15) is 4.79 Å². The molecule has 1 aromatic carbocycles. The first-order valence-corrected chi connectivity index (χ1v) is 7.97. The average molecular weight is 330 g/mol. The number of rotatable bonds is 6. The van der Waals surface area contributed by atoms with E-state index in [0.29, 0.717) is 21.4 Å². The molecule has 0 saturated heterocycles. The van der Waals surface area contributed by atoms with Crippen LogP contribution in [-0.2, 0) is 4.79 Å². The molecule has 0 heterocycles. The van der Waals surface area contributed by atoms with Gasteiger partial charge in [-0.25, -0.2) is 0 Å². The van der Waals surface area contributed by atoms with Crippen molar-refractivity contribution in [1.29, 1.82) is 0 Å². The Morgan fingerprint density at radius 1 is 1.43 bits per heavy atom. The van der Waals surface area contributed by atoms with Gasteiger partial charge in [0.2, 0.25) is 5.91 Å². The highest BCUT2D eigenvalue weighted by atomic mass is 35.5. The van der Waals surface area contributed by atoms with Crippen LogP contribution in [0.3, 0.4) is 0 Å². The van der Waals surface area contributed by atoms with E-state index in [2.05, 4.69) is 17.1 Å². The Hall–Kier alpha value is -0.970. The fourth-order valence-electron chi connectivity index (χ4n) is 2.30. The molecule has 1 amide bonds. The maximum absolute atomic E-state index is 12.4. The summed E-state index contributed by atoms with van der Waals surface area (Å²) in [4.78, 5) is 14.6. The van der Waals surface area contributed by atoms with E-state index in [0.717, 1.165) is 19.0 Å². The first kappa shape index (κ1) is 16.4. The number of benzene rings is 1. The van der Waals surface area contributed by atoms with Gasteiger partial charge in [-0.3, -0.25) is 9.69 Å². The normalized spacial score (nSPS) is 16.0. The van der Waals surface area contributed by atoms with Crippen LogP contribution in [0.5, 0.6) is 0 Å². The van der Waals surface area contributed by atoms with Crippen molar-refractivity contribution in [1.82, 2.24) is 4.90 Å². The summed E-state index contributed by atoms with van der Waals surface area (Å²) < 4.78 is 0. The van der Waals surface area contributed by atoms with Gasteiger partial charge in [0.1, 0.15) is 0 Å². The molecule has 1 aliphatic rings. The third kappa shape index (κ3) is 4.25. The number of carbonyl (C=O) groups is 1. The molecule has 1 fully saturated rings. The molecule has 0 bridgehead atoms. The van der Waals surface area contributed by atoms with Crippen LogP contribution in [0.1, 0.15) is 26.7 Å². The monoisotopic (exact) mass is 329 g/mol. The Morgan fingerprint density at radius 2 is 2.00 bits per heavy atom. The van der Waals surface area contributed by atoms with Crippen LogP contribution in [0.15, 0.2) is 12.1 Å². The quantitative estimate of drug-likeness (QED) is 0.783. The predicted molar refractivity (Wildman–Crippen MR) is 88.9 cm³/mol. The molecule has 21 heavy (non-hydrogen) atoms. The first-order chi connectivity index (χ1) is 9.92. The number of likely N-dealkylation sites (N-methyl/N-ethyl adjacent to an activating group) is 1. The molecule has 1 atom stereocenters. The summed E-state index contributed by atoms with van der Waals surface area (Å²) in [6.07, 6.45) is 2.53. The molecular formula is C15H21Cl2N3O. The highest BCUT2D eigenvalue weighted by Crippen LogP contribution is 2.33. The Bertz CT molecular complexity index is 509. The van der Waals surface area contributed by atoms with E-state index in [4.69, 9.17) is 28.9 Å². The predicted octanol–water partition coefficient (Wildman–Crippen LogP) is 3.63. The molecule has 0 spiro atoms. The SMILES string of the molecule is CCN(CC1CC1)C(C)C(=O)Nc1c(Cl)cc(N)cc1Cl. The minimum absolute atomic E-state index is 0.105. The zero-order valence-corrected chi connectivity index (χ0v) is 13.8. The van der Waals surface area contributed by atoms with Gasteiger partial charge in [0.05, 0.1) is 21.8 Å². The smallest absolute Gasteiger partial charge is 0.241 e. The molecule has 4 nitrogen and oxygen atoms in total. The minimum atomic E-state index is -0.222. The highest BCUT2D eigenvalue weighted by Gasteiger charge is 2.28. The zero-order chi connectivity index (χ0) is 15.6. The van der Waals surface area contributed by atoms with Gasteiger partial charge in [0, 0.05) is 12.2 Å². The Morgan fingerprint density at radius 3 is 2.48 bits per heavy atom. The zero-order valence-electron chi connectivity index (χ0n) is 12.3. The van der Waals surface area contributed by atoms with Crippen molar-refractivity contribution in [3.8, 4) is 0 Å². The number of amides is 1. The van der Waals surface area contributed by atoms with Crippen molar-refractivity contribution in [2.24, 2.45) is 5.92 Å². The second-order valence-corrected chi connectivity index (χ2v) is 6.37. The largest absolute Gasteiger partial charge is 0.399 e. The van der Waals surface area contributed by atoms with E-state index in [1.807, 2.05) is 6.92 Å². The standard InChI is InChI=1S/C15H21Cl2N3O/c1-3-20(8-10-4-5-10)9(2)15(21)19-14-12(16)6-11(18)7-13(14)17/h6-7,9-10H,3-5,8,18H2,1-2H3,(H,19,21). The second-order valence-electron chi connectivity index (χ2n) is 5.56. The number of hydrogen-bond donors (Lipinski definition) is 2. The maximum Gasteiger partial charge on any atom is 0.241 e. The van der Waals surface area contributed by atoms with Crippen molar-refractivity contribution in [2.45, 2.75) is 32.7 Å². The fourth-order valence-corrected chi connectivity index (χ4v) is 2.90. The van der Waals surface area contributed by atoms with Crippen molar-refractivity contribution in [3.05, 3.63) is 22.2 Å². The van der Waals surface area contributed by atoms with Crippen LogP contribution in [0, 0.1) is 5.92 Å². The fraction of sp³-hybridized carbons (Fsp3) is 0.533. The van der Waals surface area contributed by atoms with E-state index in [1.165, 1.54) is 12.8 Å². The lowest BCUT2D eigenvalue weighted by molar-refractivity contribution is -0.120. The molecule has 1 unspecified atom stereocenters. The second kappa shape index (κ2) is 6.86. The van der Waals surface area contributed by atoms with Gasteiger partial charge in [-0.05, 0) is 44.4 Å². The lowest BCUT2D eigenvalue weighted by Gasteiger charge is -2.27. The number of nitrogen functional groups attached to an aromatic ring is 1. The van der Waals surface area contributed by atoms with Crippen molar-refractivity contribution >= 4 is 40.5 Å². The van der Waals surface area contributed by atoms with E-state index in [-0.39, 0.29) is 11.9 Å². The summed E-state index contributed by atoms with van der Waals surface area (Å²) in [6.45, 7) is 5.78. The topological polar surface area (TPSA) is 58.4 Å². The van der Waals surface area contributed by atoms with Crippen LogP contribution < -0.4 is 11.1 Å². The number of halogens is 2. The lowest BCUT2D eigenvalue weighted by Crippen LogP contribution is -2.43. The summed E-state index contributed by atoms with van der Waals surface area (Å²) in [5, 5.41) is 3.52. The third-order valence-corrected chi connectivity index (χ3v) is 4.43. The van der Waals surface area contributed by atoms with E-state index >= 15 is 0 Å². The molecular weight excluding hydrogens is 309 g/mol. The summed E-state index contributed by atoms with van der Waals surface area (Å²) in [5.74, 6) is 0.634. The van der Waals surface area contributed by atoms with Gasteiger partial charge in [-0.1, -0.05) is 30.1 Å². The summed E-state index contributed by atoms with van der Waals surface area (Å²) in [5.41, 5.74) is 6.56. The van der Waals surface area contributed by atoms with Crippen molar-refractivity contribution in [2.75, 3.05) is 24.1 Å². The molecule has 116 valence electrons. The van der Waals surface area contributed by atoms with E-state index in [1.54, 1.807) is 12.1 Å². The number of nitrogens with one attached hydrogen (secondary N) is 1. The van der Waals surface area contributed by atoms with E-state index < -0.39 is 0 Å². The molecule has 1 aromatic rings. The molecule has 6 heteroatoms. The van der Waals surface area contributed by atoms with Crippen molar-refractivity contribution < 1.29 is 4.79 Å². The van der Waals surface area contributed by atoms with Crippen LogP contribution in [0.25, 0.3) is 0 Å². The first-order valence-electron chi connectivity index (χ1n) is 7.21. The maximum atomic E-state index is 12.4. The Balaban J connectivity index is 2.06. The van der Waals surface area contributed by atoms with Gasteiger partial charge in [0.15, 0.2) is 0 Å². The number of carbonyl (C=O) groups excluding carboxylic acids is 1. The minimum Gasteiger partial charge on any atom is -0.399 e. The molecule has 0 aliphatic heterocycles.